The molecule has 0 unspecified atom stereocenters. The standard InChI is InChI=1S/C14H10F3N3O4S/c15-14(16,17)13(24)5-8(7-3-1-2-4-10(7)21)19-20(13)12-18-9(6-25-12)11(22)23/h1-4,6,21,24H,5H2,(H,22,23)/t13-/m1/s1. The zero-order chi connectivity index (χ0) is 18.4. The van der Waals surface area contributed by atoms with E-state index in [1.807, 2.05) is 0 Å². The van der Waals surface area contributed by atoms with Gasteiger partial charge in [0.15, 0.2) is 5.69 Å². The number of hydrogen-bond donors (Lipinski definition) is 3. The molecule has 2 heterocycles. The van der Waals surface area contributed by atoms with Crippen molar-refractivity contribution in [2.24, 2.45) is 5.10 Å². The molecular weight excluding hydrogens is 363 g/mol. The van der Waals surface area contributed by atoms with E-state index in [1.165, 1.54) is 24.3 Å². The first-order valence-electron chi connectivity index (χ1n) is 6.77. The average molecular weight is 373 g/mol. The molecule has 0 spiro atoms. The summed E-state index contributed by atoms with van der Waals surface area (Å²) in [7, 11) is 0. The van der Waals surface area contributed by atoms with E-state index in [0.29, 0.717) is 11.3 Å². The molecule has 1 atom stereocenters. The third-order valence-corrected chi connectivity index (χ3v) is 4.36. The summed E-state index contributed by atoms with van der Waals surface area (Å²) in [5.74, 6) is -1.71. The monoisotopic (exact) mass is 373 g/mol. The summed E-state index contributed by atoms with van der Waals surface area (Å²) in [4.78, 5) is 14.5. The Morgan fingerprint density at radius 1 is 1.32 bits per heavy atom. The molecule has 1 aliphatic heterocycles. The van der Waals surface area contributed by atoms with Gasteiger partial charge in [0.25, 0.3) is 5.72 Å². The zero-order valence-electron chi connectivity index (χ0n) is 12.2. The molecule has 0 bridgehead atoms. The van der Waals surface area contributed by atoms with E-state index in [-0.39, 0.29) is 22.0 Å². The first kappa shape index (κ1) is 17.2. The van der Waals surface area contributed by atoms with E-state index in [9.17, 15) is 28.2 Å². The minimum atomic E-state index is -5.10. The molecule has 0 aliphatic carbocycles. The minimum absolute atomic E-state index is 0.0303. The van der Waals surface area contributed by atoms with Crippen LogP contribution in [0.2, 0.25) is 0 Å². The lowest BCUT2D eigenvalue weighted by molar-refractivity contribution is -0.254. The van der Waals surface area contributed by atoms with E-state index >= 15 is 0 Å². The Labute approximate surface area is 142 Å². The molecule has 2 aromatic rings. The van der Waals surface area contributed by atoms with Gasteiger partial charge in [-0.15, -0.1) is 11.3 Å². The number of carboxylic acids is 1. The molecule has 7 nitrogen and oxygen atoms in total. The number of aromatic carboxylic acids is 1. The van der Waals surface area contributed by atoms with Crippen LogP contribution in [0.25, 0.3) is 0 Å². The SMILES string of the molecule is O=C(O)c1csc(N2N=C(c3ccccc3O)C[C@@]2(O)C(F)(F)F)n1. The number of anilines is 1. The highest BCUT2D eigenvalue weighted by atomic mass is 32.1. The van der Waals surface area contributed by atoms with Gasteiger partial charge in [-0.3, -0.25) is 0 Å². The normalized spacial score (nSPS) is 20.6. The lowest BCUT2D eigenvalue weighted by Crippen LogP contribution is -2.55. The summed E-state index contributed by atoms with van der Waals surface area (Å²) >= 11 is 0.599. The maximum atomic E-state index is 13.5. The summed E-state index contributed by atoms with van der Waals surface area (Å²) < 4.78 is 40.4. The Morgan fingerprint density at radius 2 is 2.00 bits per heavy atom. The highest BCUT2D eigenvalue weighted by Crippen LogP contribution is 2.45. The second kappa shape index (κ2) is 5.70. The molecular formula is C14H10F3N3O4S. The van der Waals surface area contributed by atoms with E-state index < -0.39 is 35.1 Å². The molecule has 3 rings (SSSR count). The number of aromatic hydroxyl groups is 1. The third kappa shape index (κ3) is 2.81. The fraction of sp³-hybridized carbons (Fsp3) is 0.214. The topological polar surface area (TPSA) is 106 Å². The summed E-state index contributed by atoms with van der Waals surface area (Å²) in [6, 6.07) is 5.62. The molecule has 1 aliphatic rings. The number of benzene rings is 1. The van der Waals surface area contributed by atoms with Crippen molar-refractivity contribution in [3.8, 4) is 5.75 Å². The first-order chi connectivity index (χ1) is 11.6. The number of rotatable bonds is 3. The van der Waals surface area contributed by atoms with Crippen molar-refractivity contribution in [1.29, 1.82) is 0 Å². The Bertz CT molecular complexity index is 867. The van der Waals surface area contributed by atoms with Crippen LogP contribution in [0.1, 0.15) is 22.5 Å². The zero-order valence-corrected chi connectivity index (χ0v) is 13.0. The van der Waals surface area contributed by atoms with E-state index in [4.69, 9.17) is 5.11 Å². The molecule has 0 saturated heterocycles. The van der Waals surface area contributed by atoms with Crippen molar-refractivity contribution in [2.45, 2.75) is 18.3 Å². The van der Waals surface area contributed by atoms with E-state index in [2.05, 4.69) is 10.1 Å². The lowest BCUT2D eigenvalue weighted by Gasteiger charge is -2.32. The van der Waals surface area contributed by atoms with Crippen LogP contribution in [0.5, 0.6) is 5.75 Å². The van der Waals surface area contributed by atoms with E-state index in [1.54, 1.807) is 0 Å². The number of phenolic OH excluding ortho intramolecular Hbond substituents is 1. The molecule has 0 radical (unpaired) electrons. The van der Waals surface area contributed by atoms with Crippen LogP contribution < -0.4 is 5.01 Å². The number of thiazole rings is 1. The highest BCUT2D eigenvalue weighted by Gasteiger charge is 2.62. The van der Waals surface area contributed by atoms with Crippen LogP contribution in [0, 0.1) is 0 Å². The predicted octanol–water partition coefficient (Wildman–Crippen LogP) is 2.41. The van der Waals surface area contributed by atoms with Crippen LogP contribution in [-0.4, -0.2) is 43.9 Å². The van der Waals surface area contributed by atoms with E-state index in [0.717, 1.165) is 5.38 Å². The molecule has 132 valence electrons. The average Bonchev–Trinajstić information content (AvgIpc) is 3.12. The molecule has 25 heavy (non-hydrogen) atoms. The third-order valence-electron chi connectivity index (χ3n) is 3.55. The van der Waals surface area contributed by atoms with Crippen molar-refractivity contribution in [1.82, 2.24) is 4.98 Å². The minimum Gasteiger partial charge on any atom is -0.507 e. The fourth-order valence-electron chi connectivity index (χ4n) is 2.29. The van der Waals surface area contributed by atoms with Gasteiger partial charge in [0, 0.05) is 10.9 Å². The fourth-order valence-corrected chi connectivity index (χ4v) is 3.11. The molecule has 0 amide bonds. The molecule has 3 N–H and O–H groups in total. The van der Waals surface area contributed by atoms with Crippen LogP contribution in [-0.2, 0) is 0 Å². The Balaban J connectivity index is 2.10. The van der Waals surface area contributed by atoms with Gasteiger partial charge >= 0.3 is 12.1 Å². The Hall–Kier alpha value is -2.66. The molecule has 1 aromatic carbocycles. The quantitative estimate of drug-likeness (QED) is 0.763. The molecule has 0 fully saturated rings. The number of alkyl halides is 3. The van der Waals surface area contributed by atoms with Gasteiger partial charge < -0.3 is 15.3 Å². The van der Waals surface area contributed by atoms with Gasteiger partial charge in [0.1, 0.15) is 5.75 Å². The number of nitrogens with zero attached hydrogens (tertiary/aromatic N) is 3. The number of phenols is 1. The van der Waals surface area contributed by atoms with Crippen molar-refractivity contribution in [2.75, 3.05) is 5.01 Å². The van der Waals surface area contributed by atoms with Gasteiger partial charge in [-0.1, -0.05) is 12.1 Å². The Kier molecular flexibility index (Phi) is 3.92. The van der Waals surface area contributed by atoms with Crippen molar-refractivity contribution in [3.05, 3.63) is 40.9 Å². The number of halogens is 3. The van der Waals surface area contributed by atoms with Gasteiger partial charge in [0.05, 0.1) is 12.1 Å². The maximum absolute atomic E-state index is 13.5. The number of carbonyl (C=O) groups is 1. The number of hydrogen-bond acceptors (Lipinski definition) is 7. The second-order valence-corrected chi connectivity index (χ2v) is 6.02. The largest absolute Gasteiger partial charge is 0.507 e. The summed E-state index contributed by atoms with van der Waals surface area (Å²) in [6.07, 6.45) is -6.05. The summed E-state index contributed by atoms with van der Waals surface area (Å²) in [6.45, 7) is 0. The van der Waals surface area contributed by atoms with Crippen LogP contribution in [0.3, 0.4) is 0 Å². The van der Waals surface area contributed by atoms with Crippen molar-refractivity contribution >= 4 is 28.1 Å². The smallest absolute Gasteiger partial charge is 0.438 e. The predicted molar refractivity (Wildman–Crippen MR) is 81.8 cm³/mol. The number of para-hydroxylation sites is 1. The highest BCUT2D eigenvalue weighted by molar-refractivity contribution is 7.14. The van der Waals surface area contributed by atoms with Gasteiger partial charge in [0.2, 0.25) is 5.13 Å². The second-order valence-electron chi connectivity index (χ2n) is 5.19. The van der Waals surface area contributed by atoms with Crippen molar-refractivity contribution < 1.29 is 33.3 Å². The van der Waals surface area contributed by atoms with Gasteiger partial charge in [-0.2, -0.15) is 23.3 Å². The number of carboxylic acid groups (broad SMARTS) is 1. The lowest BCUT2D eigenvalue weighted by atomic mass is 10.0. The number of aromatic nitrogens is 1. The molecule has 1 aromatic heterocycles. The summed E-state index contributed by atoms with van der Waals surface area (Å²) in [5.41, 5.74) is -4.04. The summed E-state index contributed by atoms with van der Waals surface area (Å²) in [5, 5.41) is 33.5. The number of hydrazone groups is 1. The van der Waals surface area contributed by atoms with Crippen LogP contribution in [0.4, 0.5) is 18.3 Å². The van der Waals surface area contributed by atoms with Crippen LogP contribution >= 0.6 is 11.3 Å². The van der Waals surface area contributed by atoms with Gasteiger partial charge in [-0.25, -0.2) is 9.78 Å². The molecule has 0 saturated carbocycles. The Morgan fingerprint density at radius 3 is 2.56 bits per heavy atom. The molecule has 11 heteroatoms. The van der Waals surface area contributed by atoms with Crippen molar-refractivity contribution in [3.63, 3.8) is 0 Å². The first-order valence-corrected chi connectivity index (χ1v) is 7.65. The van der Waals surface area contributed by atoms with Crippen LogP contribution in [0.15, 0.2) is 34.7 Å². The number of aliphatic hydroxyl groups is 1. The van der Waals surface area contributed by atoms with Gasteiger partial charge in [-0.05, 0) is 12.1 Å². The maximum Gasteiger partial charge on any atom is 0.438 e.